The number of rotatable bonds is 3. The molecule has 1 aliphatic heterocycles. The second-order valence-electron chi connectivity index (χ2n) is 4.90. The second-order valence-corrected chi connectivity index (χ2v) is 4.90. The summed E-state index contributed by atoms with van der Waals surface area (Å²) in [5.41, 5.74) is 0. The van der Waals surface area contributed by atoms with Crippen molar-refractivity contribution in [3.05, 3.63) is 28.0 Å². The molecule has 1 fully saturated rings. The molecule has 1 aromatic rings. The van der Waals surface area contributed by atoms with Gasteiger partial charge in [0.2, 0.25) is 0 Å². The molecule has 104 valence electrons. The first-order valence-corrected chi connectivity index (χ1v) is 6.27. The van der Waals surface area contributed by atoms with Crippen molar-refractivity contribution in [3.8, 4) is 0 Å². The van der Waals surface area contributed by atoms with Gasteiger partial charge >= 0.3 is 5.88 Å². The van der Waals surface area contributed by atoms with Crippen LogP contribution in [0.5, 0.6) is 0 Å². The minimum Gasteiger partial charge on any atom is -0.395 e. The van der Waals surface area contributed by atoms with Crippen molar-refractivity contribution in [3.63, 3.8) is 0 Å². The molecule has 1 aromatic heterocycles. The van der Waals surface area contributed by atoms with Crippen LogP contribution in [0.4, 0.5) is 5.88 Å². The van der Waals surface area contributed by atoms with Crippen molar-refractivity contribution in [2.45, 2.75) is 32.4 Å². The van der Waals surface area contributed by atoms with E-state index in [0.29, 0.717) is 5.92 Å². The van der Waals surface area contributed by atoms with E-state index in [1.54, 1.807) is 0 Å². The predicted molar refractivity (Wildman–Crippen MR) is 67.9 cm³/mol. The molecule has 0 spiro atoms. The van der Waals surface area contributed by atoms with Gasteiger partial charge in [-0.15, -0.1) is 0 Å². The molecule has 3 atom stereocenters. The van der Waals surface area contributed by atoms with Crippen LogP contribution in [-0.2, 0) is 0 Å². The summed E-state index contributed by atoms with van der Waals surface area (Å²) in [5, 5.41) is 16.7. The Hall–Kier alpha value is -1.89. The monoisotopic (exact) mass is 267 g/mol. The summed E-state index contributed by atoms with van der Waals surface area (Å²) in [5.74, 6) is -0.518. The van der Waals surface area contributed by atoms with E-state index < -0.39 is 16.7 Å². The van der Waals surface area contributed by atoms with Gasteiger partial charge in [-0.1, -0.05) is 6.92 Å². The molecular weight excluding hydrogens is 250 g/mol. The average molecular weight is 267 g/mol. The fourth-order valence-corrected chi connectivity index (χ4v) is 2.38. The molecular formula is C12H17N3O4. The Morgan fingerprint density at radius 1 is 1.53 bits per heavy atom. The highest BCUT2D eigenvalue weighted by molar-refractivity contribution is 5.92. The molecule has 1 aliphatic rings. The van der Waals surface area contributed by atoms with Gasteiger partial charge in [0.25, 0.3) is 5.91 Å². The third-order valence-electron chi connectivity index (χ3n) is 3.51. The lowest BCUT2D eigenvalue weighted by Gasteiger charge is -2.35. The van der Waals surface area contributed by atoms with E-state index in [-0.39, 0.29) is 17.8 Å². The minimum absolute atomic E-state index is 0.00888. The van der Waals surface area contributed by atoms with Crippen LogP contribution >= 0.6 is 0 Å². The first-order valence-electron chi connectivity index (χ1n) is 6.27. The maximum Gasteiger partial charge on any atom is 0.433 e. The number of nitrogens with zero attached hydrogens (tertiary/aromatic N) is 1. The molecule has 7 heteroatoms. The SMILES string of the molecule is CC1CCNC(C)C1NC(=O)c1ccc([N+](=O)[O-])o1. The molecule has 2 N–H and O–H groups in total. The van der Waals surface area contributed by atoms with Gasteiger partial charge in [-0.25, -0.2) is 0 Å². The molecule has 0 saturated carbocycles. The van der Waals surface area contributed by atoms with E-state index in [9.17, 15) is 14.9 Å². The van der Waals surface area contributed by atoms with E-state index in [1.807, 2.05) is 6.92 Å². The molecule has 3 unspecified atom stereocenters. The number of piperidine rings is 1. The third-order valence-corrected chi connectivity index (χ3v) is 3.51. The summed E-state index contributed by atoms with van der Waals surface area (Å²) >= 11 is 0. The second kappa shape index (κ2) is 5.40. The van der Waals surface area contributed by atoms with Gasteiger partial charge in [-0.05, 0) is 31.9 Å². The summed E-state index contributed by atoms with van der Waals surface area (Å²) in [6.07, 6.45) is 0.980. The van der Waals surface area contributed by atoms with Gasteiger partial charge in [0.05, 0.1) is 6.07 Å². The zero-order chi connectivity index (χ0) is 14.0. The van der Waals surface area contributed by atoms with E-state index in [4.69, 9.17) is 4.42 Å². The largest absolute Gasteiger partial charge is 0.433 e. The van der Waals surface area contributed by atoms with Crippen LogP contribution in [0.3, 0.4) is 0 Å². The van der Waals surface area contributed by atoms with Crippen molar-refractivity contribution in [2.75, 3.05) is 6.54 Å². The lowest BCUT2D eigenvalue weighted by Crippen LogP contribution is -2.55. The Morgan fingerprint density at radius 2 is 2.26 bits per heavy atom. The van der Waals surface area contributed by atoms with Crippen molar-refractivity contribution in [1.29, 1.82) is 0 Å². The van der Waals surface area contributed by atoms with Crippen LogP contribution in [0.1, 0.15) is 30.8 Å². The fraction of sp³-hybridized carbons (Fsp3) is 0.583. The molecule has 0 bridgehead atoms. The highest BCUT2D eigenvalue weighted by Gasteiger charge is 2.30. The quantitative estimate of drug-likeness (QED) is 0.635. The Labute approximate surface area is 110 Å². The van der Waals surface area contributed by atoms with E-state index in [0.717, 1.165) is 13.0 Å². The number of nitrogens with one attached hydrogen (secondary N) is 2. The highest BCUT2D eigenvalue weighted by Crippen LogP contribution is 2.19. The molecule has 0 aliphatic carbocycles. The van der Waals surface area contributed by atoms with Gasteiger partial charge in [0.15, 0.2) is 5.76 Å². The van der Waals surface area contributed by atoms with Gasteiger partial charge in [0, 0.05) is 12.1 Å². The lowest BCUT2D eigenvalue weighted by atomic mass is 9.89. The summed E-state index contributed by atoms with van der Waals surface area (Å²) in [4.78, 5) is 21.8. The predicted octanol–water partition coefficient (Wildman–Crippen LogP) is 1.30. The average Bonchev–Trinajstić information content (AvgIpc) is 2.83. The van der Waals surface area contributed by atoms with Gasteiger partial charge in [-0.3, -0.25) is 14.9 Å². The van der Waals surface area contributed by atoms with Gasteiger partial charge in [-0.2, -0.15) is 0 Å². The van der Waals surface area contributed by atoms with Crippen LogP contribution in [0.25, 0.3) is 0 Å². The maximum absolute atomic E-state index is 12.0. The van der Waals surface area contributed by atoms with Gasteiger partial charge < -0.3 is 15.1 Å². The molecule has 2 rings (SSSR count). The fourth-order valence-electron chi connectivity index (χ4n) is 2.38. The topological polar surface area (TPSA) is 97.4 Å². The van der Waals surface area contributed by atoms with Gasteiger partial charge in [0.1, 0.15) is 4.92 Å². The number of carbonyl (C=O) groups is 1. The molecule has 7 nitrogen and oxygen atoms in total. The van der Waals surface area contributed by atoms with Crippen LogP contribution in [0, 0.1) is 16.0 Å². The van der Waals surface area contributed by atoms with E-state index in [2.05, 4.69) is 17.6 Å². The number of hydrogen-bond acceptors (Lipinski definition) is 5. The van der Waals surface area contributed by atoms with Crippen LogP contribution in [0.2, 0.25) is 0 Å². The van der Waals surface area contributed by atoms with Crippen molar-refractivity contribution in [1.82, 2.24) is 10.6 Å². The lowest BCUT2D eigenvalue weighted by molar-refractivity contribution is -0.402. The van der Waals surface area contributed by atoms with Crippen molar-refractivity contribution in [2.24, 2.45) is 5.92 Å². The Balaban J connectivity index is 2.05. The highest BCUT2D eigenvalue weighted by atomic mass is 16.6. The summed E-state index contributed by atoms with van der Waals surface area (Å²) < 4.78 is 4.89. The first-order chi connectivity index (χ1) is 8.99. The number of nitro groups is 1. The number of hydrogen-bond donors (Lipinski definition) is 2. The normalized spacial score (nSPS) is 26.9. The maximum atomic E-state index is 12.0. The molecule has 0 aromatic carbocycles. The van der Waals surface area contributed by atoms with Crippen LogP contribution in [0.15, 0.2) is 16.5 Å². The molecule has 19 heavy (non-hydrogen) atoms. The number of carbonyl (C=O) groups excluding carboxylic acids is 1. The zero-order valence-electron chi connectivity index (χ0n) is 10.9. The Bertz CT molecular complexity index is 475. The first kappa shape index (κ1) is 13.5. The Kier molecular flexibility index (Phi) is 3.84. The molecule has 1 amide bonds. The molecule has 0 radical (unpaired) electrons. The smallest absolute Gasteiger partial charge is 0.395 e. The van der Waals surface area contributed by atoms with E-state index >= 15 is 0 Å². The third kappa shape index (κ3) is 2.93. The minimum atomic E-state index is -0.663. The molecule has 1 saturated heterocycles. The van der Waals surface area contributed by atoms with E-state index in [1.165, 1.54) is 12.1 Å². The van der Waals surface area contributed by atoms with Crippen molar-refractivity contribution >= 4 is 11.8 Å². The summed E-state index contributed by atoms with van der Waals surface area (Å²) in [6.45, 7) is 5.01. The standard InChI is InChI=1S/C12H17N3O4/c1-7-5-6-13-8(2)11(7)14-12(16)9-3-4-10(19-9)15(17)18/h3-4,7-8,11,13H,5-6H2,1-2H3,(H,14,16). The van der Waals surface area contributed by atoms with Crippen LogP contribution in [-0.4, -0.2) is 29.5 Å². The number of amides is 1. The van der Waals surface area contributed by atoms with Crippen molar-refractivity contribution < 1.29 is 14.1 Å². The van der Waals surface area contributed by atoms with Crippen LogP contribution < -0.4 is 10.6 Å². The number of furan rings is 1. The molecule has 2 heterocycles. The Morgan fingerprint density at radius 3 is 2.84 bits per heavy atom. The summed E-state index contributed by atoms with van der Waals surface area (Å²) in [7, 11) is 0. The zero-order valence-corrected chi connectivity index (χ0v) is 10.9. The summed E-state index contributed by atoms with van der Waals surface area (Å²) in [6, 6.07) is 2.66.